The molecule has 24 heavy (non-hydrogen) atoms. The molecule has 0 amide bonds. The maximum absolute atomic E-state index is 10.8. The van der Waals surface area contributed by atoms with E-state index in [1.54, 1.807) is 7.11 Å². The van der Waals surface area contributed by atoms with Crippen molar-refractivity contribution in [2.24, 2.45) is 0 Å². The van der Waals surface area contributed by atoms with E-state index in [0.29, 0.717) is 18.7 Å². The molecule has 0 spiro atoms. The van der Waals surface area contributed by atoms with Crippen LogP contribution in [0, 0.1) is 11.3 Å². The zero-order chi connectivity index (χ0) is 16.7. The lowest BCUT2D eigenvalue weighted by Gasteiger charge is -2.45. The number of piperidine rings is 1. The van der Waals surface area contributed by atoms with Gasteiger partial charge in [0.15, 0.2) is 0 Å². The predicted octanol–water partition coefficient (Wildman–Crippen LogP) is 3.22. The van der Waals surface area contributed by atoms with Gasteiger partial charge in [0.25, 0.3) is 0 Å². The van der Waals surface area contributed by atoms with Crippen molar-refractivity contribution >= 4 is 16.5 Å². The Morgan fingerprint density at radius 2 is 1.83 bits per heavy atom. The zero-order valence-corrected chi connectivity index (χ0v) is 13.9. The highest BCUT2D eigenvalue weighted by molar-refractivity contribution is 5.98. The Kier molecular flexibility index (Phi) is 3.71. The Labute approximate surface area is 142 Å². The first kappa shape index (κ1) is 15.4. The third kappa shape index (κ3) is 2.36. The summed E-state index contributed by atoms with van der Waals surface area (Å²) >= 11 is 0. The summed E-state index contributed by atoms with van der Waals surface area (Å²) < 4.78 is 5.25. The molecule has 0 aromatic heterocycles. The largest absolute Gasteiger partial charge is 0.387 e. The van der Waals surface area contributed by atoms with Crippen LogP contribution in [0.15, 0.2) is 36.4 Å². The van der Waals surface area contributed by atoms with E-state index in [2.05, 4.69) is 23.1 Å². The van der Waals surface area contributed by atoms with Gasteiger partial charge in [-0.2, -0.15) is 5.26 Å². The topological polar surface area (TPSA) is 56.5 Å². The number of hydrogen-bond donors (Lipinski definition) is 1. The number of hydrogen-bond acceptors (Lipinski definition) is 4. The number of anilines is 1. The van der Waals surface area contributed by atoms with Crippen LogP contribution in [0.4, 0.5) is 5.69 Å². The predicted molar refractivity (Wildman–Crippen MR) is 94.0 cm³/mol. The first-order valence-corrected chi connectivity index (χ1v) is 8.57. The van der Waals surface area contributed by atoms with Gasteiger partial charge in [-0.3, -0.25) is 0 Å². The molecule has 1 N–H and O–H groups in total. The van der Waals surface area contributed by atoms with Crippen LogP contribution in [-0.2, 0) is 4.74 Å². The summed E-state index contributed by atoms with van der Waals surface area (Å²) in [6.45, 7) is 0.405. The molecule has 0 saturated carbocycles. The van der Waals surface area contributed by atoms with Crippen LogP contribution in [0.3, 0.4) is 0 Å². The van der Waals surface area contributed by atoms with Crippen molar-refractivity contribution in [3.63, 3.8) is 0 Å². The lowest BCUT2D eigenvalue weighted by molar-refractivity contribution is -0.0570. The van der Waals surface area contributed by atoms with Gasteiger partial charge < -0.3 is 14.7 Å². The average Bonchev–Trinajstić information content (AvgIpc) is 2.86. The van der Waals surface area contributed by atoms with E-state index in [0.717, 1.165) is 42.0 Å². The minimum atomic E-state index is -0.709. The van der Waals surface area contributed by atoms with Gasteiger partial charge in [-0.15, -0.1) is 0 Å². The maximum Gasteiger partial charge on any atom is 0.0998 e. The van der Waals surface area contributed by atoms with Gasteiger partial charge in [-0.1, -0.05) is 24.3 Å². The van der Waals surface area contributed by atoms with Gasteiger partial charge in [0.2, 0.25) is 0 Å². The van der Waals surface area contributed by atoms with Crippen molar-refractivity contribution in [1.82, 2.24) is 0 Å². The average molecular weight is 322 g/mol. The Morgan fingerprint density at radius 1 is 1.17 bits per heavy atom. The number of fused-ring (bicyclic) bond motifs is 3. The molecule has 0 radical (unpaired) electrons. The summed E-state index contributed by atoms with van der Waals surface area (Å²) in [5.74, 6) is 0. The summed E-state index contributed by atoms with van der Waals surface area (Å²) in [5.41, 5.74) is 1.20. The second-order valence-electron chi connectivity index (χ2n) is 7.15. The highest BCUT2D eigenvalue weighted by Gasteiger charge is 2.47. The molecule has 0 aliphatic carbocycles. The lowest BCUT2D eigenvalue weighted by atomic mass is 9.86. The minimum absolute atomic E-state index is 0.334. The number of rotatable bonds is 3. The molecule has 2 bridgehead atoms. The first-order chi connectivity index (χ1) is 11.6. The fourth-order valence-electron chi connectivity index (χ4n) is 4.71. The standard InChI is InChI=1S/C20H22N2O2/c1-24-13-20(23)10-15-7-8-16(11-20)22(15)19-9-6-14(12-21)17-4-2-3-5-18(17)19/h2-6,9,15-16,23H,7-8,10-11,13H2,1H3/t15-,16+,20-. The number of nitrogens with zero attached hydrogens (tertiary/aromatic N) is 2. The summed E-state index contributed by atoms with van der Waals surface area (Å²) in [6.07, 6.45) is 3.69. The Bertz CT molecular complexity index is 797. The van der Waals surface area contributed by atoms with Crippen LogP contribution in [0.5, 0.6) is 0 Å². The Hall–Kier alpha value is -2.09. The summed E-state index contributed by atoms with van der Waals surface area (Å²) in [4.78, 5) is 2.48. The van der Waals surface area contributed by atoms with E-state index in [1.807, 2.05) is 24.3 Å². The van der Waals surface area contributed by atoms with Crippen molar-refractivity contribution < 1.29 is 9.84 Å². The second kappa shape index (κ2) is 5.77. The Morgan fingerprint density at radius 3 is 2.46 bits per heavy atom. The van der Waals surface area contributed by atoms with Crippen molar-refractivity contribution in [3.8, 4) is 6.07 Å². The molecule has 2 aliphatic rings. The van der Waals surface area contributed by atoms with E-state index < -0.39 is 5.60 Å². The number of benzene rings is 2. The summed E-state index contributed by atoms with van der Waals surface area (Å²) in [6, 6.07) is 15.1. The SMILES string of the molecule is COC[C@@]1(O)C[C@H]2CC[C@@H](C1)N2c1ccc(C#N)c2ccccc12. The van der Waals surface area contributed by atoms with Gasteiger partial charge in [0, 0.05) is 35.7 Å². The van der Waals surface area contributed by atoms with E-state index in [1.165, 1.54) is 5.69 Å². The van der Waals surface area contributed by atoms with Gasteiger partial charge in [-0.25, -0.2) is 0 Å². The zero-order valence-electron chi connectivity index (χ0n) is 13.9. The quantitative estimate of drug-likeness (QED) is 0.942. The highest BCUT2D eigenvalue weighted by Crippen LogP contribution is 2.45. The molecule has 3 atom stereocenters. The van der Waals surface area contributed by atoms with Crippen LogP contribution < -0.4 is 4.90 Å². The van der Waals surface area contributed by atoms with Crippen LogP contribution in [0.2, 0.25) is 0 Å². The van der Waals surface area contributed by atoms with Gasteiger partial charge in [0.1, 0.15) is 0 Å². The molecule has 4 rings (SSSR count). The molecule has 2 aromatic carbocycles. The number of methoxy groups -OCH3 is 1. The van der Waals surface area contributed by atoms with E-state index >= 15 is 0 Å². The molecule has 2 fully saturated rings. The fraction of sp³-hybridized carbons (Fsp3) is 0.450. The molecule has 2 aliphatic heterocycles. The van der Waals surface area contributed by atoms with Gasteiger partial charge in [-0.05, 0) is 37.8 Å². The Balaban J connectivity index is 1.76. The fourth-order valence-corrected chi connectivity index (χ4v) is 4.71. The monoisotopic (exact) mass is 322 g/mol. The smallest absolute Gasteiger partial charge is 0.0998 e. The van der Waals surface area contributed by atoms with E-state index in [4.69, 9.17) is 4.74 Å². The van der Waals surface area contributed by atoms with Crippen molar-refractivity contribution in [2.75, 3.05) is 18.6 Å². The van der Waals surface area contributed by atoms with E-state index in [-0.39, 0.29) is 0 Å². The summed E-state index contributed by atoms with van der Waals surface area (Å²) in [5, 5.41) is 22.3. The molecular weight excluding hydrogens is 300 g/mol. The molecule has 4 heteroatoms. The van der Waals surface area contributed by atoms with Crippen LogP contribution in [0.1, 0.15) is 31.2 Å². The van der Waals surface area contributed by atoms with Crippen LogP contribution in [-0.4, -0.2) is 36.5 Å². The number of ether oxygens (including phenoxy) is 1. The molecule has 124 valence electrons. The number of aliphatic hydroxyl groups is 1. The van der Waals surface area contributed by atoms with E-state index in [9.17, 15) is 10.4 Å². The molecule has 0 unspecified atom stereocenters. The normalized spacial score (nSPS) is 29.0. The van der Waals surface area contributed by atoms with Crippen molar-refractivity contribution in [1.29, 1.82) is 5.26 Å². The van der Waals surface area contributed by atoms with Crippen molar-refractivity contribution in [2.45, 2.75) is 43.4 Å². The van der Waals surface area contributed by atoms with Crippen LogP contribution >= 0.6 is 0 Å². The highest BCUT2D eigenvalue weighted by atomic mass is 16.5. The minimum Gasteiger partial charge on any atom is -0.387 e. The van der Waals surface area contributed by atoms with Crippen molar-refractivity contribution in [3.05, 3.63) is 42.0 Å². The van der Waals surface area contributed by atoms with Gasteiger partial charge in [0.05, 0.1) is 23.8 Å². The maximum atomic E-state index is 10.8. The third-order valence-electron chi connectivity index (χ3n) is 5.56. The number of nitriles is 1. The van der Waals surface area contributed by atoms with Crippen LogP contribution in [0.25, 0.3) is 10.8 Å². The molecule has 2 saturated heterocycles. The molecule has 2 aromatic rings. The van der Waals surface area contributed by atoms with Gasteiger partial charge >= 0.3 is 0 Å². The second-order valence-corrected chi connectivity index (χ2v) is 7.15. The summed E-state index contributed by atoms with van der Waals surface area (Å²) in [7, 11) is 1.65. The molecule has 2 heterocycles. The molecular formula is C20H22N2O2. The molecule has 4 nitrogen and oxygen atoms in total. The third-order valence-corrected chi connectivity index (χ3v) is 5.56. The lowest BCUT2D eigenvalue weighted by Crippen LogP contribution is -2.53. The first-order valence-electron chi connectivity index (χ1n) is 8.57.